The Hall–Kier alpha value is -2.60. The van der Waals surface area contributed by atoms with Gasteiger partial charge in [-0.3, -0.25) is 13.8 Å². The Labute approximate surface area is 155 Å². The van der Waals surface area contributed by atoms with Crippen LogP contribution in [0.3, 0.4) is 0 Å². The van der Waals surface area contributed by atoms with Crippen LogP contribution in [-0.4, -0.2) is 18.3 Å². The lowest BCUT2D eigenvalue weighted by molar-refractivity contribution is 0.167. The molecule has 0 aliphatic rings. The van der Waals surface area contributed by atoms with Gasteiger partial charge in [0.1, 0.15) is 28.2 Å². The maximum absolute atomic E-state index is 12.5. The highest BCUT2D eigenvalue weighted by molar-refractivity contribution is 7.48. The van der Waals surface area contributed by atoms with Crippen LogP contribution in [-0.2, 0) is 13.6 Å². The summed E-state index contributed by atoms with van der Waals surface area (Å²) in [7, 11) is -3.85. The van der Waals surface area contributed by atoms with Crippen molar-refractivity contribution in [1.82, 2.24) is 0 Å². The van der Waals surface area contributed by atoms with E-state index in [0.29, 0.717) is 11.3 Å². The zero-order valence-electron chi connectivity index (χ0n) is 14.9. The summed E-state index contributed by atoms with van der Waals surface area (Å²) in [5.74, 6) is -0.0172. The lowest BCUT2D eigenvalue weighted by atomic mass is 10.1. The van der Waals surface area contributed by atoms with Crippen molar-refractivity contribution in [2.75, 3.05) is 13.2 Å². The van der Waals surface area contributed by atoms with E-state index >= 15 is 0 Å². The third kappa shape index (κ3) is 4.22. The maximum atomic E-state index is 12.5. The van der Waals surface area contributed by atoms with Crippen LogP contribution in [0.4, 0.5) is 0 Å². The molecule has 0 bridgehead atoms. The number of phosphoric acid groups is 1. The van der Waals surface area contributed by atoms with Crippen molar-refractivity contribution in [3.8, 4) is 22.8 Å². The molecule has 0 aliphatic carbocycles. The fraction of sp³-hybridized carbons (Fsp3) is 0.211. The molecule has 0 amide bonds. The monoisotopic (exact) mass is 390 g/mol. The van der Waals surface area contributed by atoms with Crippen molar-refractivity contribution in [1.29, 1.82) is 0 Å². The summed E-state index contributed by atoms with van der Waals surface area (Å²) in [5, 5.41) is 10.2. The number of rotatable bonds is 7. The lowest BCUT2D eigenvalue weighted by Gasteiger charge is -2.17. The summed E-state index contributed by atoms with van der Waals surface area (Å²) in [6.07, 6.45) is 0. The molecule has 3 rings (SSSR count). The van der Waals surface area contributed by atoms with E-state index in [1.54, 1.807) is 26.0 Å². The van der Waals surface area contributed by atoms with Gasteiger partial charge in [-0.05, 0) is 13.8 Å². The molecule has 0 atom stereocenters. The largest absolute Gasteiger partial charge is 0.530 e. The second-order valence-corrected chi connectivity index (χ2v) is 7.12. The van der Waals surface area contributed by atoms with Gasteiger partial charge >= 0.3 is 7.82 Å². The Morgan fingerprint density at radius 2 is 1.70 bits per heavy atom. The van der Waals surface area contributed by atoms with E-state index in [-0.39, 0.29) is 35.7 Å². The lowest BCUT2D eigenvalue weighted by Crippen LogP contribution is -2.04. The fourth-order valence-electron chi connectivity index (χ4n) is 2.58. The van der Waals surface area contributed by atoms with Crippen molar-refractivity contribution in [3.05, 3.63) is 58.8 Å². The predicted octanol–water partition coefficient (Wildman–Crippen LogP) is 4.73. The molecule has 0 unspecified atom stereocenters. The quantitative estimate of drug-likeness (QED) is 0.583. The molecule has 0 saturated heterocycles. The molecule has 0 saturated carbocycles. The molecule has 3 aromatic rings. The van der Waals surface area contributed by atoms with E-state index in [2.05, 4.69) is 0 Å². The molecule has 0 spiro atoms. The number of fused-ring (bicyclic) bond motifs is 1. The standard InChI is InChI=1S/C19H19O7P/c1-3-23-27(22,24-4-2)26-14-10-15(20)19-16(21)12-17(25-18(19)11-14)13-8-6-5-7-9-13/h5-12,20H,3-4H2,1-2H3. The minimum absolute atomic E-state index is 0.00130. The Balaban J connectivity index is 2.09. The summed E-state index contributed by atoms with van der Waals surface area (Å²) in [6.45, 7) is 3.53. The number of benzene rings is 2. The first-order valence-electron chi connectivity index (χ1n) is 8.40. The van der Waals surface area contributed by atoms with E-state index in [4.69, 9.17) is 18.0 Å². The average molecular weight is 390 g/mol. The zero-order valence-corrected chi connectivity index (χ0v) is 15.8. The van der Waals surface area contributed by atoms with Crippen molar-refractivity contribution in [2.24, 2.45) is 0 Å². The minimum atomic E-state index is -3.85. The summed E-state index contributed by atoms with van der Waals surface area (Å²) >= 11 is 0. The van der Waals surface area contributed by atoms with Gasteiger partial charge < -0.3 is 14.0 Å². The SMILES string of the molecule is CCOP(=O)(OCC)Oc1cc(O)c2c(=O)cc(-c3ccccc3)oc2c1. The molecule has 27 heavy (non-hydrogen) atoms. The maximum Gasteiger partial charge on any atom is 0.530 e. The summed E-state index contributed by atoms with van der Waals surface area (Å²) < 4.78 is 33.8. The highest BCUT2D eigenvalue weighted by Gasteiger charge is 2.28. The molecule has 0 fully saturated rings. The highest BCUT2D eigenvalue weighted by Crippen LogP contribution is 2.50. The Morgan fingerprint density at radius 1 is 1.04 bits per heavy atom. The average Bonchev–Trinajstić information content (AvgIpc) is 2.62. The van der Waals surface area contributed by atoms with E-state index in [1.165, 1.54) is 18.2 Å². The number of phosphoric ester groups is 1. The number of phenols is 1. The first-order chi connectivity index (χ1) is 13.0. The van der Waals surface area contributed by atoms with Crippen LogP contribution in [0.15, 0.2) is 57.7 Å². The van der Waals surface area contributed by atoms with Gasteiger partial charge in [0.25, 0.3) is 0 Å². The zero-order chi connectivity index (χ0) is 19.4. The molecule has 142 valence electrons. The Morgan fingerprint density at radius 3 is 2.33 bits per heavy atom. The van der Waals surface area contributed by atoms with Crippen molar-refractivity contribution in [3.63, 3.8) is 0 Å². The normalized spacial score (nSPS) is 11.6. The van der Waals surface area contributed by atoms with Crippen LogP contribution in [0.2, 0.25) is 0 Å². The molecule has 0 radical (unpaired) electrons. The van der Waals surface area contributed by atoms with E-state index in [9.17, 15) is 14.5 Å². The molecule has 8 heteroatoms. The van der Waals surface area contributed by atoms with Gasteiger partial charge in [0.15, 0.2) is 5.43 Å². The molecule has 1 N–H and O–H groups in total. The van der Waals surface area contributed by atoms with E-state index in [1.807, 2.05) is 18.2 Å². The van der Waals surface area contributed by atoms with E-state index < -0.39 is 13.3 Å². The van der Waals surface area contributed by atoms with Gasteiger partial charge in [-0.2, -0.15) is 0 Å². The van der Waals surface area contributed by atoms with Gasteiger partial charge in [0.2, 0.25) is 0 Å². The van der Waals surface area contributed by atoms with Crippen LogP contribution in [0, 0.1) is 0 Å². The fourth-order valence-corrected chi connectivity index (χ4v) is 3.75. The summed E-state index contributed by atoms with van der Waals surface area (Å²) in [5.41, 5.74) is 0.393. The van der Waals surface area contributed by atoms with Crippen LogP contribution in [0.1, 0.15) is 13.8 Å². The third-order valence-corrected chi connectivity index (χ3v) is 5.22. The van der Waals surface area contributed by atoms with Crippen molar-refractivity contribution < 1.29 is 27.7 Å². The topological polar surface area (TPSA) is 95.2 Å². The minimum Gasteiger partial charge on any atom is -0.507 e. The van der Waals surface area contributed by atoms with Crippen LogP contribution >= 0.6 is 7.82 Å². The first-order valence-corrected chi connectivity index (χ1v) is 9.87. The molecule has 1 aromatic heterocycles. The Bertz CT molecular complexity index is 1030. The molecular weight excluding hydrogens is 371 g/mol. The molecule has 1 heterocycles. The van der Waals surface area contributed by atoms with Crippen LogP contribution in [0.5, 0.6) is 11.5 Å². The molecule has 0 aliphatic heterocycles. The summed E-state index contributed by atoms with van der Waals surface area (Å²) in [4.78, 5) is 12.4. The van der Waals surface area contributed by atoms with Gasteiger partial charge in [-0.25, -0.2) is 4.57 Å². The van der Waals surface area contributed by atoms with Crippen LogP contribution < -0.4 is 9.95 Å². The number of phenolic OH excluding ortho intramolecular Hbond substituents is 1. The molecule has 7 nitrogen and oxygen atoms in total. The number of hydrogen-bond donors (Lipinski definition) is 1. The van der Waals surface area contributed by atoms with Crippen molar-refractivity contribution >= 4 is 18.8 Å². The summed E-state index contributed by atoms with van der Waals surface area (Å²) in [6, 6.07) is 12.9. The highest BCUT2D eigenvalue weighted by atomic mass is 31.2. The van der Waals surface area contributed by atoms with Gasteiger partial charge in [-0.1, -0.05) is 30.3 Å². The van der Waals surface area contributed by atoms with Gasteiger partial charge in [-0.15, -0.1) is 0 Å². The number of hydrogen-bond acceptors (Lipinski definition) is 7. The number of aromatic hydroxyl groups is 1. The Kier molecular flexibility index (Phi) is 5.65. The smallest absolute Gasteiger partial charge is 0.507 e. The van der Waals surface area contributed by atoms with Crippen molar-refractivity contribution in [2.45, 2.75) is 13.8 Å². The first kappa shape index (κ1) is 19.2. The predicted molar refractivity (Wildman–Crippen MR) is 101 cm³/mol. The van der Waals surface area contributed by atoms with Gasteiger partial charge in [0.05, 0.1) is 13.2 Å². The molecular formula is C19H19O7P. The van der Waals surface area contributed by atoms with Crippen LogP contribution in [0.25, 0.3) is 22.3 Å². The molecule has 2 aromatic carbocycles. The van der Waals surface area contributed by atoms with E-state index in [0.717, 1.165) is 0 Å². The second kappa shape index (κ2) is 7.96. The second-order valence-electron chi connectivity index (χ2n) is 5.53. The van der Waals surface area contributed by atoms with Gasteiger partial charge in [0, 0.05) is 23.8 Å². The third-order valence-electron chi connectivity index (χ3n) is 3.63.